The summed E-state index contributed by atoms with van der Waals surface area (Å²) in [5.41, 5.74) is 1.000. The largest absolute Gasteiger partial charge is 0.491 e. The van der Waals surface area contributed by atoms with Crippen LogP contribution in [0.5, 0.6) is 5.75 Å². The first-order valence-electron chi connectivity index (χ1n) is 5.48. The van der Waals surface area contributed by atoms with E-state index in [1.54, 1.807) is 6.92 Å². The number of ether oxygens (including phenoxy) is 1. The van der Waals surface area contributed by atoms with Gasteiger partial charge in [0.15, 0.2) is 0 Å². The zero-order valence-corrected chi connectivity index (χ0v) is 12.3. The molecule has 3 nitrogen and oxygen atoms in total. The molecule has 1 rings (SSSR count). The molecule has 0 saturated heterocycles. The first kappa shape index (κ1) is 14.8. The molecule has 2 N–H and O–H groups in total. The molecule has 0 aliphatic heterocycles. The van der Waals surface area contributed by atoms with Gasteiger partial charge in [-0.15, -0.1) is 0 Å². The number of aliphatic hydroxyl groups excluding tert-OH is 1. The lowest BCUT2D eigenvalue weighted by Gasteiger charge is -2.12. The molecule has 1 aromatic rings. The van der Waals surface area contributed by atoms with Crippen LogP contribution in [0.3, 0.4) is 0 Å². The minimum absolute atomic E-state index is 0.334. The van der Waals surface area contributed by atoms with Gasteiger partial charge < -0.3 is 15.2 Å². The molecule has 1 atom stereocenters. The molecule has 0 heterocycles. The van der Waals surface area contributed by atoms with E-state index in [0.717, 1.165) is 15.8 Å². The summed E-state index contributed by atoms with van der Waals surface area (Å²) in [6.07, 6.45) is -0.334. The Labute approximate surface area is 115 Å². The lowest BCUT2D eigenvalue weighted by molar-refractivity contribution is 0.188. The van der Waals surface area contributed by atoms with Crippen LogP contribution < -0.4 is 10.1 Å². The van der Waals surface area contributed by atoms with Crippen molar-refractivity contribution in [1.82, 2.24) is 5.32 Å². The molecule has 0 aliphatic rings. The number of rotatable bonds is 6. The summed E-state index contributed by atoms with van der Waals surface area (Å²) >= 11 is 9.34. The van der Waals surface area contributed by atoms with Gasteiger partial charge in [0, 0.05) is 18.1 Å². The first-order valence-corrected chi connectivity index (χ1v) is 6.65. The van der Waals surface area contributed by atoms with E-state index in [2.05, 4.69) is 21.2 Å². The molecule has 0 fully saturated rings. The summed E-state index contributed by atoms with van der Waals surface area (Å²) in [5, 5.41) is 12.8. The molecule has 0 bridgehead atoms. The van der Waals surface area contributed by atoms with E-state index >= 15 is 0 Å². The second kappa shape index (κ2) is 7.21. The van der Waals surface area contributed by atoms with Crippen LogP contribution in [0.1, 0.15) is 12.5 Å². The number of halogens is 2. The highest BCUT2D eigenvalue weighted by molar-refractivity contribution is 9.10. The number of benzene rings is 1. The van der Waals surface area contributed by atoms with E-state index in [9.17, 15) is 0 Å². The predicted octanol–water partition coefficient (Wildman–Crippen LogP) is 2.76. The van der Waals surface area contributed by atoms with Gasteiger partial charge in [-0.2, -0.15) is 0 Å². The third kappa shape index (κ3) is 5.25. The lowest BCUT2D eigenvalue weighted by atomic mass is 10.2. The Morgan fingerprint density at radius 2 is 2.24 bits per heavy atom. The molecule has 0 unspecified atom stereocenters. The van der Waals surface area contributed by atoms with Gasteiger partial charge in [0.2, 0.25) is 0 Å². The monoisotopic (exact) mass is 321 g/mol. The summed E-state index contributed by atoms with van der Waals surface area (Å²) in [6, 6.07) is 3.68. The highest BCUT2D eigenvalue weighted by Gasteiger charge is 2.06. The molecule has 0 radical (unpaired) electrons. The summed E-state index contributed by atoms with van der Waals surface area (Å²) in [7, 11) is 0. The Hall–Kier alpha value is -0.290. The molecule has 0 saturated carbocycles. The van der Waals surface area contributed by atoms with Crippen molar-refractivity contribution in [2.24, 2.45) is 0 Å². The van der Waals surface area contributed by atoms with E-state index in [1.165, 1.54) is 0 Å². The van der Waals surface area contributed by atoms with E-state index in [4.69, 9.17) is 21.4 Å². The minimum Gasteiger partial charge on any atom is -0.491 e. The molecule has 1 aromatic carbocycles. The quantitative estimate of drug-likeness (QED) is 0.791. The van der Waals surface area contributed by atoms with Gasteiger partial charge in [-0.3, -0.25) is 0 Å². The Balaban J connectivity index is 2.42. The maximum atomic E-state index is 9.06. The van der Waals surface area contributed by atoms with Gasteiger partial charge >= 0.3 is 0 Å². The van der Waals surface area contributed by atoms with Crippen LogP contribution in [0.25, 0.3) is 0 Å². The highest BCUT2D eigenvalue weighted by Crippen LogP contribution is 2.31. The Bertz CT molecular complexity index is 349. The zero-order chi connectivity index (χ0) is 12.8. The number of aliphatic hydroxyl groups is 1. The Morgan fingerprint density at radius 1 is 1.53 bits per heavy atom. The van der Waals surface area contributed by atoms with Crippen molar-refractivity contribution in [1.29, 1.82) is 0 Å². The van der Waals surface area contributed by atoms with E-state index in [-0.39, 0.29) is 6.10 Å². The molecule has 0 spiro atoms. The Kier molecular flexibility index (Phi) is 6.27. The predicted molar refractivity (Wildman–Crippen MR) is 73.9 cm³/mol. The maximum Gasteiger partial charge on any atom is 0.136 e. The second-order valence-electron chi connectivity index (χ2n) is 3.94. The summed E-state index contributed by atoms with van der Waals surface area (Å²) < 4.78 is 6.51. The smallest absolute Gasteiger partial charge is 0.136 e. The molecular weight excluding hydrogens is 305 g/mol. The van der Waals surface area contributed by atoms with Gasteiger partial charge in [-0.05, 0) is 47.5 Å². The zero-order valence-electron chi connectivity index (χ0n) is 9.96. The SMILES string of the molecule is Cc1cc(Cl)cc(Br)c1OCCNC[C@H](C)O. The summed E-state index contributed by atoms with van der Waals surface area (Å²) in [4.78, 5) is 0. The summed E-state index contributed by atoms with van der Waals surface area (Å²) in [5.74, 6) is 0.813. The fourth-order valence-corrected chi connectivity index (χ4v) is 2.49. The van der Waals surface area contributed by atoms with E-state index in [0.29, 0.717) is 24.7 Å². The topological polar surface area (TPSA) is 41.5 Å². The number of nitrogens with one attached hydrogen (secondary N) is 1. The first-order chi connectivity index (χ1) is 8.00. The Morgan fingerprint density at radius 3 is 2.82 bits per heavy atom. The molecule has 0 aromatic heterocycles. The normalized spacial score (nSPS) is 12.5. The van der Waals surface area contributed by atoms with Gasteiger partial charge in [0.05, 0.1) is 10.6 Å². The van der Waals surface area contributed by atoms with Crippen LogP contribution in [-0.4, -0.2) is 30.9 Å². The molecular formula is C12H17BrClNO2. The van der Waals surface area contributed by atoms with Crippen molar-refractivity contribution < 1.29 is 9.84 Å². The maximum absolute atomic E-state index is 9.06. The van der Waals surface area contributed by atoms with Crippen LogP contribution >= 0.6 is 27.5 Å². The molecule has 0 aliphatic carbocycles. The lowest BCUT2D eigenvalue weighted by Crippen LogP contribution is -2.28. The van der Waals surface area contributed by atoms with Gasteiger partial charge in [-0.1, -0.05) is 11.6 Å². The molecule has 96 valence electrons. The molecule has 5 heteroatoms. The fourth-order valence-electron chi connectivity index (χ4n) is 1.41. The van der Waals surface area contributed by atoms with Crippen LogP contribution in [0.15, 0.2) is 16.6 Å². The van der Waals surface area contributed by atoms with Gasteiger partial charge in [0.25, 0.3) is 0 Å². The van der Waals surface area contributed by atoms with Crippen molar-refractivity contribution in [2.45, 2.75) is 20.0 Å². The summed E-state index contributed by atoms with van der Waals surface area (Å²) in [6.45, 7) is 5.51. The van der Waals surface area contributed by atoms with Crippen LogP contribution in [-0.2, 0) is 0 Å². The number of hydrogen-bond acceptors (Lipinski definition) is 3. The van der Waals surface area contributed by atoms with Gasteiger partial charge in [0.1, 0.15) is 12.4 Å². The average molecular weight is 323 g/mol. The highest BCUT2D eigenvalue weighted by atomic mass is 79.9. The number of aryl methyl sites for hydroxylation is 1. The van der Waals surface area contributed by atoms with Crippen molar-refractivity contribution >= 4 is 27.5 Å². The second-order valence-corrected chi connectivity index (χ2v) is 5.23. The van der Waals surface area contributed by atoms with E-state index in [1.807, 2.05) is 19.1 Å². The van der Waals surface area contributed by atoms with Crippen molar-refractivity contribution in [3.63, 3.8) is 0 Å². The van der Waals surface area contributed by atoms with Gasteiger partial charge in [-0.25, -0.2) is 0 Å². The van der Waals surface area contributed by atoms with Crippen molar-refractivity contribution in [3.8, 4) is 5.75 Å². The average Bonchev–Trinajstić information content (AvgIpc) is 2.20. The molecule has 0 amide bonds. The van der Waals surface area contributed by atoms with Crippen molar-refractivity contribution in [3.05, 3.63) is 27.2 Å². The third-order valence-electron chi connectivity index (χ3n) is 2.16. The van der Waals surface area contributed by atoms with E-state index < -0.39 is 0 Å². The standard InChI is InChI=1S/C12H17BrClNO2/c1-8-5-10(14)6-11(13)12(8)17-4-3-15-7-9(2)16/h5-6,9,15-16H,3-4,7H2,1-2H3/t9-/m0/s1. The molecule has 17 heavy (non-hydrogen) atoms. The van der Waals surface area contributed by atoms with Crippen molar-refractivity contribution in [2.75, 3.05) is 19.7 Å². The fraction of sp³-hybridized carbons (Fsp3) is 0.500. The minimum atomic E-state index is -0.334. The van der Waals surface area contributed by atoms with Crippen LogP contribution in [0.2, 0.25) is 5.02 Å². The third-order valence-corrected chi connectivity index (χ3v) is 2.97. The number of hydrogen-bond donors (Lipinski definition) is 2. The van der Waals surface area contributed by atoms with Crippen LogP contribution in [0, 0.1) is 6.92 Å². The van der Waals surface area contributed by atoms with Crippen LogP contribution in [0.4, 0.5) is 0 Å².